The standard InChI is InChI=1S/C13H23NO3S/c1-14(12-7-8-18(16,17)10-12)13(15)9-11-5-3-2-4-6-11/h11-12H,2-10H2,1H3. The summed E-state index contributed by atoms with van der Waals surface area (Å²) >= 11 is 0. The van der Waals surface area contributed by atoms with Crippen molar-refractivity contribution in [2.45, 2.75) is 51.0 Å². The van der Waals surface area contributed by atoms with Gasteiger partial charge in [0.1, 0.15) is 0 Å². The number of carbonyl (C=O) groups excluding carboxylic acids is 1. The molecule has 0 N–H and O–H groups in total. The van der Waals surface area contributed by atoms with Gasteiger partial charge in [0.2, 0.25) is 5.91 Å². The average molecular weight is 273 g/mol. The van der Waals surface area contributed by atoms with Crippen LogP contribution in [-0.4, -0.2) is 43.8 Å². The van der Waals surface area contributed by atoms with E-state index >= 15 is 0 Å². The van der Waals surface area contributed by atoms with E-state index in [1.54, 1.807) is 11.9 Å². The van der Waals surface area contributed by atoms with Gasteiger partial charge in [-0.1, -0.05) is 19.3 Å². The van der Waals surface area contributed by atoms with Crippen molar-refractivity contribution in [1.29, 1.82) is 0 Å². The van der Waals surface area contributed by atoms with Crippen molar-refractivity contribution in [3.05, 3.63) is 0 Å². The second-order valence-electron chi connectivity index (χ2n) is 5.77. The molecule has 0 aromatic carbocycles. The zero-order valence-corrected chi connectivity index (χ0v) is 11.9. The van der Waals surface area contributed by atoms with Crippen molar-refractivity contribution in [2.24, 2.45) is 5.92 Å². The van der Waals surface area contributed by atoms with Crippen LogP contribution in [0.3, 0.4) is 0 Å². The van der Waals surface area contributed by atoms with Crippen LogP contribution in [0.15, 0.2) is 0 Å². The number of sulfone groups is 1. The maximum Gasteiger partial charge on any atom is 0.222 e. The van der Waals surface area contributed by atoms with Gasteiger partial charge in [0, 0.05) is 19.5 Å². The fourth-order valence-electron chi connectivity index (χ4n) is 3.07. The van der Waals surface area contributed by atoms with E-state index < -0.39 is 9.84 Å². The van der Waals surface area contributed by atoms with Crippen LogP contribution in [0.4, 0.5) is 0 Å². The van der Waals surface area contributed by atoms with Crippen LogP contribution in [0.1, 0.15) is 44.9 Å². The number of amides is 1. The second kappa shape index (κ2) is 5.59. The molecule has 1 saturated heterocycles. The van der Waals surface area contributed by atoms with E-state index in [9.17, 15) is 13.2 Å². The Hall–Kier alpha value is -0.580. The normalized spacial score (nSPS) is 28.2. The highest BCUT2D eigenvalue weighted by Gasteiger charge is 2.33. The zero-order valence-electron chi connectivity index (χ0n) is 11.1. The topological polar surface area (TPSA) is 54.5 Å². The van der Waals surface area contributed by atoms with Gasteiger partial charge in [-0.05, 0) is 25.2 Å². The average Bonchev–Trinajstić information content (AvgIpc) is 2.70. The minimum atomic E-state index is -2.90. The van der Waals surface area contributed by atoms with E-state index in [2.05, 4.69) is 0 Å². The van der Waals surface area contributed by atoms with Gasteiger partial charge in [-0.25, -0.2) is 8.42 Å². The van der Waals surface area contributed by atoms with Crippen LogP contribution in [0.2, 0.25) is 0 Å². The molecule has 1 aliphatic heterocycles. The lowest BCUT2D eigenvalue weighted by Crippen LogP contribution is -2.38. The molecule has 0 spiro atoms. The molecule has 5 heteroatoms. The first-order chi connectivity index (χ1) is 8.48. The minimum absolute atomic E-state index is 0.0916. The predicted octanol–water partition coefficient (Wildman–Crippen LogP) is 1.60. The molecule has 1 atom stereocenters. The Balaban J connectivity index is 1.85. The van der Waals surface area contributed by atoms with Gasteiger partial charge in [0.25, 0.3) is 0 Å². The predicted molar refractivity (Wildman–Crippen MR) is 71.0 cm³/mol. The van der Waals surface area contributed by atoms with Crippen LogP contribution in [-0.2, 0) is 14.6 Å². The smallest absolute Gasteiger partial charge is 0.222 e. The number of hydrogen-bond acceptors (Lipinski definition) is 3. The van der Waals surface area contributed by atoms with Crippen LogP contribution in [0, 0.1) is 5.92 Å². The summed E-state index contributed by atoms with van der Waals surface area (Å²) in [4.78, 5) is 13.8. The molecule has 2 aliphatic rings. The minimum Gasteiger partial charge on any atom is -0.342 e. The van der Waals surface area contributed by atoms with Crippen molar-refractivity contribution in [2.75, 3.05) is 18.6 Å². The summed E-state index contributed by atoms with van der Waals surface area (Å²) < 4.78 is 22.8. The molecule has 104 valence electrons. The Morgan fingerprint density at radius 1 is 1.17 bits per heavy atom. The SMILES string of the molecule is CN(C(=O)CC1CCCCC1)C1CCS(=O)(=O)C1. The Bertz CT molecular complexity index is 398. The number of nitrogens with zero attached hydrogens (tertiary/aromatic N) is 1. The second-order valence-corrected chi connectivity index (χ2v) is 8.00. The Kier molecular flexibility index (Phi) is 4.30. The van der Waals surface area contributed by atoms with E-state index in [4.69, 9.17) is 0 Å². The van der Waals surface area contributed by atoms with Gasteiger partial charge in [0.05, 0.1) is 11.5 Å². The molecular formula is C13H23NO3S. The first-order valence-electron chi connectivity index (χ1n) is 6.94. The monoisotopic (exact) mass is 273 g/mol. The number of hydrogen-bond donors (Lipinski definition) is 0. The molecular weight excluding hydrogens is 250 g/mol. The lowest BCUT2D eigenvalue weighted by molar-refractivity contribution is -0.132. The quantitative estimate of drug-likeness (QED) is 0.785. The van der Waals surface area contributed by atoms with Gasteiger partial charge in [-0.2, -0.15) is 0 Å². The van der Waals surface area contributed by atoms with Gasteiger partial charge in [-0.15, -0.1) is 0 Å². The highest BCUT2D eigenvalue weighted by atomic mass is 32.2. The van der Waals surface area contributed by atoms with Crippen molar-refractivity contribution in [1.82, 2.24) is 4.90 Å². The van der Waals surface area contributed by atoms with Crippen molar-refractivity contribution >= 4 is 15.7 Å². The summed E-state index contributed by atoms with van der Waals surface area (Å²) in [5, 5.41) is 0. The molecule has 1 aliphatic carbocycles. The molecule has 0 radical (unpaired) electrons. The molecule has 18 heavy (non-hydrogen) atoms. The lowest BCUT2D eigenvalue weighted by Gasteiger charge is -2.27. The van der Waals surface area contributed by atoms with Gasteiger partial charge in [0.15, 0.2) is 9.84 Å². The highest BCUT2D eigenvalue weighted by Crippen LogP contribution is 2.27. The maximum atomic E-state index is 12.1. The van der Waals surface area contributed by atoms with Crippen LogP contribution in [0.5, 0.6) is 0 Å². The van der Waals surface area contributed by atoms with E-state index in [1.807, 2.05) is 0 Å². The van der Waals surface area contributed by atoms with Crippen molar-refractivity contribution in [3.8, 4) is 0 Å². The summed E-state index contributed by atoms with van der Waals surface area (Å²) in [7, 11) is -1.14. The van der Waals surface area contributed by atoms with Crippen LogP contribution >= 0.6 is 0 Å². The third kappa shape index (κ3) is 3.46. The summed E-state index contributed by atoms with van der Waals surface area (Å²) in [5.41, 5.74) is 0. The summed E-state index contributed by atoms with van der Waals surface area (Å²) in [6.45, 7) is 0. The van der Waals surface area contributed by atoms with Crippen molar-refractivity contribution in [3.63, 3.8) is 0 Å². The number of carbonyl (C=O) groups is 1. The molecule has 1 saturated carbocycles. The molecule has 4 nitrogen and oxygen atoms in total. The van der Waals surface area contributed by atoms with E-state index in [1.165, 1.54) is 19.3 Å². The zero-order chi connectivity index (χ0) is 13.2. The first-order valence-corrected chi connectivity index (χ1v) is 8.76. The Morgan fingerprint density at radius 2 is 1.83 bits per heavy atom. The van der Waals surface area contributed by atoms with Crippen LogP contribution < -0.4 is 0 Å². The third-order valence-electron chi connectivity index (χ3n) is 4.34. The number of rotatable bonds is 3. The molecule has 1 heterocycles. The summed E-state index contributed by atoms with van der Waals surface area (Å²) in [5.74, 6) is 1.04. The fourth-order valence-corrected chi connectivity index (χ4v) is 4.84. The summed E-state index contributed by atoms with van der Waals surface area (Å²) in [6.07, 6.45) is 7.29. The van der Waals surface area contributed by atoms with E-state index in [-0.39, 0.29) is 23.5 Å². The Labute approximate surface area is 110 Å². The van der Waals surface area contributed by atoms with Gasteiger partial charge < -0.3 is 4.90 Å². The molecule has 1 unspecified atom stereocenters. The van der Waals surface area contributed by atoms with Crippen molar-refractivity contribution < 1.29 is 13.2 Å². The van der Waals surface area contributed by atoms with Crippen LogP contribution in [0.25, 0.3) is 0 Å². The first kappa shape index (κ1) is 13.8. The molecule has 2 rings (SSSR count). The molecule has 0 bridgehead atoms. The van der Waals surface area contributed by atoms with Gasteiger partial charge in [-0.3, -0.25) is 4.79 Å². The van der Waals surface area contributed by atoms with Gasteiger partial charge >= 0.3 is 0 Å². The fraction of sp³-hybridized carbons (Fsp3) is 0.923. The molecule has 0 aromatic rings. The summed E-state index contributed by atoms with van der Waals surface area (Å²) in [6, 6.07) is -0.0916. The largest absolute Gasteiger partial charge is 0.342 e. The lowest BCUT2D eigenvalue weighted by atomic mass is 9.86. The third-order valence-corrected chi connectivity index (χ3v) is 6.09. The Morgan fingerprint density at radius 3 is 2.39 bits per heavy atom. The molecule has 0 aromatic heterocycles. The molecule has 1 amide bonds. The highest BCUT2D eigenvalue weighted by molar-refractivity contribution is 7.91. The molecule has 2 fully saturated rings. The van der Waals surface area contributed by atoms with E-state index in [0.29, 0.717) is 18.8 Å². The van der Waals surface area contributed by atoms with E-state index in [0.717, 1.165) is 12.8 Å². The maximum absolute atomic E-state index is 12.1.